The number of hydrogen-bond donors (Lipinski definition) is 3. The number of allylic oxidation sites excluding steroid dienone is 1. The van der Waals surface area contributed by atoms with Crippen molar-refractivity contribution in [1.29, 1.82) is 5.26 Å². The second kappa shape index (κ2) is 11.4. The molecule has 2 aliphatic heterocycles. The van der Waals surface area contributed by atoms with Crippen LogP contribution in [0.3, 0.4) is 0 Å². The molecule has 6 nitrogen and oxygen atoms in total. The molecule has 0 saturated heterocycles. The molecule has 6 heteroatoms. The molecule has 1 aliphatic carbocycles. The fourth-order valence-electron chi connectivity index (χ4n) is 6.25. The highest BCUT2D eigenvalue weighted by molar-refractivity contribution is 5.75. The zero-order valence-electron chi connectivity index (χ0n) is 22.3. The molecule has 3 aliphatic rings. The van der Waals surface area contributed by atoms with Crippen LogP contribution in [-0.2, 0) is 0 Å². The van der Waals surface area contributed by atoms with Gasteiger partial charge in [-0.2, -0.15) is 5.26 Å². The van der Waals surface area contributed by atoms with Crippen LogP contribution in [0.5, 0.6) is 0 Å². The predicted molar refractivity (Wildman–Crippen MR) is 152 cm³/mol. The summed E-state index contributed by atoms with van der Waals surface area (Å²) in [6.45, 7) is 5.02. The van der Waals surface area contributed by atoms with Crippen molar-refractivity contribution in [2.24, 2.45) is 5.84 Å². The van der Waals surface area contributed by atoms with E-state index in [0.29, 0.717) is 5.56 Å². The Kier molecular flexibility index (Phi) is 7.83. The lowest BCUT2D eigenvalue weighted by Crippen LogP contribution is -2.39. The van der Waals surface area contributed by atoms with Crippen LogP contribution in [-0.4, -0.2) is 42.6 Å². The minimum Gasteiger partial charge on any atom is -0.390 e. The van der Waals surface area contributed by atoms with E-state index < -0.39 is 0 Å². The molecule has 0 radical (unpaired) electrons. The second-order valence-corrected chi connectivity index (χ2v) is 10.7. The maximum absolute atomic E-state index is 9.39. The minimum atomic E-state index is 0.0834. The summed E-state index contributed by atoms with van der Waals surface area (Å²) >= 11 is 0. The number of nitrogens with one attached hydrogen (secondary N) is 2. The molecule has 0 bridgehead atoms. The Hall–Kier alpha value is -3.27. The standard InChI is InChI=1S/C31H40N6/c1-22(34-2)31-28-12-11-25(24-13-16-36(17-14-24)27-9-4-3-5-10-27)20-29(28)30(15-18-37(31)33)35-26-8-6-7-23(19-26)21-32/h6-8,11-13,19-20,27,30,34-35H,3-5,9-10,14-18,33H2,1-2H3/b31-22-. The first-order valence-corrected chi connectivity index (χ1v) is 13.8. The van der Waals surface area contributed by atoms with Gasteiger partial charge in [0.05, 0.1) is 23.4 Å². The lowest BCUT2D eigenvalue weighted by molar-refractivity contribution is 0.171. The molecule has 0 spiro atoms. The van der Waals surface area contributed by atoms with E-state index in [1.165, 1.54) is 48.8 Å². The number of nitrogens with zero attached hydrogens (tertiary/aromatic N) is 3. The van der Waals surface area contributed by atoms with E-state index >= 15 is 0 Å². The van der Waals surface area contributed by atoms with Crippen LogP contribution in [0.15, 0.2) is 54.2 Å². The number of rotatable bonds is 5. The van der Waals surface area contributed by atoms with Crippen molar-refractivity contribution in [3.63, 3.8) is 0 Å². The van der Waals surface area contributed by atoms with E-state index in [1.807, 2.05) is 36.3 Å². The largest absolute Gasteiger partial charge is 0.390 e. The number of anilines is 1. The highest BCUT2D eigenvalue weighted by atomic mass is 15.4. The second-order valence-electron chi connectivity index (χ2n) is 10.7. The molecular formula is C31H40N6. The summed E-state index contributed by atoms with van der Waals surface area (Å²) in [7, 11) is 1.95. The average molecular weight is 497 g/mol. The molecule has 4 N–H and O–H groups in total. The number of benzene rings is 2. The zero-order chi connectivity index (χ0) is 25.8. The van der Waals surface area contributed by atoms with Gasteiger partial charge >= 0.3 is 0 Å². The van der Waals surface area contributed by atoms with Crippen molar-refractivity contribution >= 4 is 17.0 Å². The first-order valence-electron chi connectivity index (χ1n) is 13.8. The summed E-state index contributed by atoms with van der Waals surface area (Å²) in [5.41, 5.74) is 8.90. The molecular weight excluding hydrogens is 456 g/mol. The number of hydrazine groups is 1. The van der Waals surface area contributed by atoms with E-state index in [4.69, 9.17) is 5.84 Å². The first-order chi connectivity index (χ1) is 18.1. The molecule has 2 heterocycles. The van der Waals surface area contributed by atoms with Gasteiger partial charge in [-0.25, -0.2) is 5.84 Å². The summed E-state index contributed by atoms with van der Waals surface area (Å²) in [6.07, 6.45) is 11.3. The molecule has 1 atom stereocenters. The molecule has 194 valence electrons. The number of fused-ring (bicyclic) bond motifs is 1. The van der Waals surface area contributed by atoms with Crippen LogP contribution in [0.25, 0.3) is 11.3 Å². The van der Waals surface area contributed by atoms with E-state index in [-0.39, 0.29) is 6.04 Å². The summed E-state index contributed by atoms with van der Waals surface area (Å²) < 4.78 is 0. The summed E-state index contributed by atoms with van der Waals surface area (Å²) in [5, 5.41) is 18.3. The van der Waals surface area contributed by atoms with Gasteiger partial charge in [0.15, 0.2) is 0 Å². The summed E-state index contributed by atoms with van der Waals surface area (Å²) in [4.78, 5) is 2.70. The Balaban J connectivity index is 1.48. The molecule has 0 aromatic heterocycles. The lowest BCUT2D eigenvalue weighted by Gasteiger charge is -2.36. The third-order valence-corrected chi connectivity index (χ3v) is 8.39. The van der Waals surface area contributed by atoms with Gasteiger partial charge in [-0.3, -0.25) is 4.90 Å². The highest BCUT2D eigenvalue weighted by Crippen LogP contribution is 2.38. The summed E-state index contributed by atoms with van der Waals surface area (Å²) in [5.74, 6) is 6.59. The van der Waals surface area contributed by atoms with E-state index in [2.05, 4.69) is 52.8 Å². The predicted octanol–water partition coefficient (Wildman–Crippen LogP) is 5.62. The van der Waals surface area contributed by atoms with E-state index in [1.54, 1.807) is 0 Å². The van der Waals surface area contributed by atoms with Crippen LogP contribution in [0.2, 0.25) is 0 Å². The maximum atomic E-state index is 9.39. The topological polar surface area (TPSA) is 80.3 Å². The Labute approximate surface area is 221 Å². The Morgan fingerprint density at radius 1 is 1.05 bits per heavy atom. The zero-order valence-corrected chi connectivity index (χ0v) is 22.3. The van der Waals surface area contributed by atoms with Gasteiger partial charge in [-0.05, 0) is 73.6 Å². The monoisotopic (exact) mass is 496 g/mol. The normalized spacial score (nSPS) is 22.4. The van der Waals surface area contributed by atoms with Crippen molar-refractivity contribution in [2.75, 3.05) is 32.0 Å². The quantitative estimate of drug-likeness (QED) is 0.466. The van der Waals surface area contributed by atoms with Crippen LogP contribution in [0.4, 0.5) is 5.69 Å². The van der Waals surface area contributed by atoms with E-state index in [9.17, 15) is 5.26 Å². The van der Waals surface area contributed by atoms with Gasteiger partial charge in [0.1, 0.15) is 0 Å². The SMILES string of the molecule is CN/C(C)=C1/c2ccc(C3=CCN(C4CCCCC4)CC3)cc2C(Nc2cccc(C#N)c2)CCN1N. The van der Waals surface area contributed by atoms with Crippen LogP contribution < -0.4 is 16.5 Å². The van der Waals surface area contributed by atoms with Gasteiger partial charge in [0.25, 0.3) is 0 Å². The van der Waals surface area contributed by atoms with E-state index in [0.717, 1.165) is 61.2 Å². The van der Waals surface area contributed by atoms with Crippen molar-refractivity contribution in [2.45, 2.75) is 64.0 Å². The smallest absolute Gasteiger partial charge is 0.0992 e. The fraction of sp³-hybridized carbons (Fsp3) is 0.452. The van der Waals surface area contributed by atoms with Crippen molar-refractivity contribution in [3.05, 3.63) is 76.5 Å². The van der Waals surface area contributed by atoms with Crippen LogP contribution >= 0.6 is 0 Å². The first kappa shape index (κ1) is 25.4. The molecule has 2 aromatic rings. The molecule has 2 aromatic carbocycles. The number of nitriles is 1. The van der Waals surface area contributed by atoms with Crippen molar-refractivity contribution in [1.82, 2.24) is 15.2 Å². The van der Waals surface area contributed by atoms with Crippen molar-refractivity contribution in [3.8, 4) is 6.07 Å². The molecule has 1 fully saturated rings. The molecule has 1 saturated carbocycles. The molecule has 5 rings (SSSR count). The molecule has 1 unspecified atom stereocenters. The van der Waals surface area contributed by atoms with Gasteiger partial charge in [0, 0.05) is 49.7 Å². The summed E-state index contributed by atoms with van der Waals surface area (Å²) in [6, 6.07) is 17.8. The van der Waals surface area contributed by atoms with Gasteiger partial charge in [-0.1, -0.05) is 43.5 Å². The third kappa shape index (κ3) is 5.53. The van der Waals surface area contributed by atoms with Gasteiger partial charge < -0.3 is 15.6 Å². The molecule has 0 amide bonds. The Bertz CT molecular complexity index is 1220. The highest BCUT2D eigenvalue weighted by Gasteiger charge is 2.28. The van der Waals surface area contributed by atoms with Crippen LogP contribution in [0.1, 0.15) is 80.2 Å². The fourth-order valence-corrected chi connectivity index (χ4v) is 6.25. The number of nitrogens with two attached hydrogens (primary N) is 1. The third-order valence-electron chi connectivity index (χ3n) is 8.39. The van der Waals surface area contributed by atoms with Gasteiger partial charge in [0.2, 0.25) is 0 Å². The number of hydrogen-bond acceptors (Lipinski definition) is 6. The molecule has 37 heavy (non-hydrogen) atoms. The minimum absolute atomic E-state index is 0.0834. The van der Waals surface area contributed by atoms with Gasteiger partial charge in [-0.15, -0.1) is 0 Å². The Morgan fingerprint density at radius 2 is 1.89 bits per heavy atom. The van der Waals surface area contributed by atoms with Crippen LogP contribution in [0, 0.1) is 11.3 Å². The average Bonchev–Trinajstić information content (AvgIpc) is 3.09. The maximum Gasteiger partial charge on any atom is 0.0992 e. The Morgan fingerprint density at radius 3 is 2.62 bits per heavy atom. The van der Waals surface area contributed by atoms with Crippen molar-refractivity contribution < 1.29 is 0 Å². The lowest BCUT2D eigenvalue weighted by atomic mass is 9.89.